The maximum absolute atomic E-state index is 11.5. The van der Waals surface area contributed by atoms with E-state index in [9.17, 15) is 8.42 Å². The minimum Gasteiger partial charge on any atom is -0.356 e. The molecule has 6 nitrogen and oxygen atoms in total. The summed E-state index contributed by atoms with van der Waals surface area (Å²) in [5.74, 6) is 2.34. The van der Waals surface area contributed by atoms with Crippen molar-refractivity contribution in [1.29, 1.82) is 0 Å². The highest BCUT2D eigenvalue weighted by Crippen LogP contribution is 2.19. The second-order valence-electron chi connectivity index (χ2n) is 6.70. The van der Waals surface area contributed by atoms with Crippen molar-refractivity contribution < 1.29 is 8.42 Å². The van der Waals surface area contributed by atoms with E-state index in [1.807, 2.05) is 7.05 Å². The van der Waals surface area contributed by atoms with Gasteiger partial charge in [-0.3, -0.25) is 4.99 Å². The molecule has 0 spiro atoms. The predicted molar refractivity (Wildman–Crippen MR) is 90.5 cm³/mol. The van der Waals surface area contributed by atoms with Gasteiger partial charge in [-0.15, -0.1) is 0 Å². The number of piperidine rings is 2. The molecule has 0 unspecified atom stereocenters. The van der Waals surface area contributed by atoms with E-state index in [-0.39, 0.29) is 0 Å². The van der Waals surface area contributed by atoms with Crippen LogP contribution in [0.25, 0.3) is 0 Å². The average Bonchev–Trinajstić information content (AvgIpc) is 2.49. The van der Waals surface area contributed by atoms with E-state index >= 15 is 0 Å². The Morgan fingerprint density at radius 1 is 1.14 bits per heavy atom. The lowest BCUT2D eigenvalue weighted by Crippen LogP contribution is -2.47. The predicted octanol–water partition coefficient (Wildman–Crippen LogP) is 0.965. The van der Waals surface area contributed by atoms with Gasteiger partial charge in [0.1, 0.15) is 0 Å². The van der Waals surface area contributed by atoms with Crippen LogP contribution >= 0.6 is 0 Å². The zero-order valence-corrected chi connectivity index (χ0v) is 14.9. The maximum Gasteiger partial charge on any atom is 0.211 e. The fourth-order valence-electron chi connectivity index (χ4n) is 3.23. The largest absolute Gasteiger partial charge is 0.356 e. The van der Waals surface area contributed by atoms with Crippen LogP contribution in [0.2, 0.25) is 0 Å². The van der Waals surface area contributed by atoms with Gasteiger partial charge in [0.15, 0.2) is 5.96 Å². The summed E-state index contributed by atoms with van der Waals surface area (Å²) < 4.78 is 24.6. The molecule has 2 aliphatic rings. The Kier molecular flexibility index (Phi) is 6.09. The number of rotatable bonds is 3. The van der Waals surface area contributed by atoms with Gasteiger partial charge in [-0.1, -0.05) is 6.92 Å². The highest BCUT2D eigenvalue weighted by Gasteiger charge is 2.25. The molecule has 0 aromatic carbocycles. The van der Waals surface area contributed by atoms with Crippen molar-refractivity contribution in [3.05, 3.63) is 0 Å². The molecule has 22 heavy (non-hydrogen) atoms. The highest BCUT2D eigenvalue weighted by molar-refractivity contribution is 7.88. The summed E-state index contributed by atoms with van der Waals surface area (Å²) in [4.78, 5) is 6.74. The van der Waals surface area contributed by atoms with Crippen molar-refractivity contribution in [3.63, 3.8) is 0 Å². The van der Waals surface area contributed by atoms with E-state index in [1.165, 1.54) is 19.1 Å². The standard InChI is InChI=1S/C15H30N4O2S/c1-13-4-8-18(9-5-13)15(16-2)17-12-14-6-10-19(11-7-14)22(3,20)21/h13-14H,4-12H2,1-3H3,(H,16,17). The van der Waals surface area contributed by atoms with E-state index in [0.717, 1.165) is 44.4 Å². The van der Waals surface area contributed by atoms with Crippen molar-refractivity contribution >= 4 is 16.0 Å². The summed E-state index contributed by atoms with van der Waals surface area (Å²) in [5, 5.41) is 3.49. The Morgan fingerprint density at radius 2 is 1.73 bits per heavy atom. The Bertz CT molecular complexity index is 476. The van der Waals surface area contributed by atoms with Crippen LogP contribution in [0.1, 0.15) is 32.6 Å². The Hall–Kier alpha value is -0.820. The van der Waals surface area contributed by atoms with Crippen molar-refractivity contribution in [2.24, 2.45) is 16.8 Å². The monoisotopic (exact) mass is 330 g/mol. The third-order valence-electron chi connectivity index (χ3n) is 4.89. The zero-order chi connectivity index (χ0) is 16.2. The zero-order valence-electron chi connectivity index (χ0n) is 14.1. The third-order valence-corrected chi connectivity index (χ3v) is 6.19. The minimum absolute atomic E-state index is 0.526. The van der Waals surface area contributed by atoms with Gasteiger partial charge in [0.25, 0.3) is 0 Å². The molecule has 7 heteroatoms. The average molecular weight is 330 g/mol. The van der Waals surface area contributed by atoms with Gasteiger partial charge >= 0.3 is 0 Å². The summed E-state index contributed by atoms with van der Waals surface area (Å²) in [6, 6.07) is 0. The number of sulfonamides is 1. The normalized spacial score (nSPS) is 23.8. The SMILES string of the molecule is CN=C(NCC1CCN(S(C)(=O)=O)CC1)N1CCC(C)CC1. The lowest BCUT2D eigenvalue weighted by atomic mass is 9.98. The van der Waals surface area contributed by atoms with Crippen molar-refractivity contribution in [3.8, 4) is 0 Å². The molecule has 0 saturated carbocycles. The molecule has 0 aliphatic carbocycles. The molecule has 2 heterocycles. The summed E-state index contributed by atoms with van der Waals surface area (Å²) in [6.45, 7) is 6.64. The van der Waals surface area contributed by atoms with Crippen LogP contribution in [0, 0.1) is 11.8 Å². The van der Waals surface area contributed by atoms with Crippen LogP contribution in [0.3, 0.4) is 0 Å². The van der Waals surface area contributed by atoms with Crippen molar-refractivity contribution in [2.75, 3.05) is 46.0 Å². The molecular formula is C15H30N4O2S. The Labute approximate surface area is 135 Å². The molecule has 0 radical (unpaired) electrons. The molecule has 2 fully saturated rings. The molecule has 0 amide bonds. The number of nitrogens with one attached hydrogen (secondary N) is 1. The smallest absolute Gasteiger partial charge is 0.211 e. The van der Waals surface area contributed by atoms with Gasteiger partial charge in [-0.25, -0.2) is 12.7 Å². The second kappa shape index (κ2) is 7.64. The third kappa shape index (κ3) is 4.84. The van der Waals surface area contributed by atoms with Gasteiger partial charge in [0.05, 0.1) is 6.26 Å². The summed E-state index contributed by atoms with van der Waals surface area (Å²) in [7, 11) is -1.19. The van der Waals surface area contributed by atoms with Crippen LogP contribution in [0.4, 0.5) is 0 Å². The van der Waals surface area contributed by atoms with E-state index in [2.05, 4.69) is 22.1 Å². The van der Waals surface area contributed by atoms with Crippen LogP contribution in [0.5, 0.6) is 0 Å². The number of aliphatic imine (C=N–C) groups is 1. The van der Waals surface area contributed by atoms with Gasteiger partial charge < -0.3 is 10.2 Å². The fraction of sp³-hybridized carbons (Fsp3) is 0.933. The molecule has 128 valence electrons. The summed E-state index contributed by atoms with van der Waals surface area (Å²) in [5.41, 5.74) is 0. The van der Waals surface area contributed by atoms with E-state index < -0.39 is 10.0 Å². The maximum atomic E-state index is 11.5. The summed E-state index contributed by atoms with van der Waals surface area (Å²) in [6.07, 6.45) is 5.61. The first-order valence-corrected chi connectivity index (χ1v) is 10.2. The molecule has 2 aliphatic heterocycles. The van der Waals surface area contributed by atoms with Gasteiger partial charge in [-0.2, -0.15) is 0 Å². The first kappa shape index (κ1) is 17.5. The Morgan fingerprint density at radius 3 is 2.23 bits per heavy atom. The number of hydrogen-bond acceptors (Lipinski definition) is 3. The van der Waals surface area contributed by atoms with Crippen molar-refractivity contribution in [2.45, 2.75) is 32.6 Å². The van der Waals surface area contributed by atoms with Gasteiger partial charge in [0, 0.05) is 39.8 Å². The molecule has 0 aromatic rings. The molecule has 0 bridgehead atoms. The number of guanidine groups is 1. The van der Waals surface area contributed by atoms with Crippen molar-refractivity contribution in [1.82, 2.24) is 14.5 Å². The molecule has 2 saturated heterocycles. The van der Waals surface area contributed by atoms with Gasteiger partial charge in [0.2, 0.25) is 10.0 Å². The molecular weight excluding hydrogens is 300 g/mol. The first-order chi connectivity index (χ1) is 10.4. The molecule has 0 atom stereocenters. The van der Waals surface area contributed by atoms with Gasteiger partial charge in [-0.05, 0) is 37.5 Å². The molecule has 2 rings (SSSR count). The van der Waals surface area contributed by atoms with E-state index in [4.69, 9.17) is 0 Å². The summed E-state index contributed by atoms with van der Waals surface area (Å²) >= 11 is 0. The van der Waals surface area contributed by atoms with E-state index in [0.29, 0.717) is 19.0 Å². The number of likely N-dealkylation sites (tertiary alicyclic amines) is 1. The van der Waals surface area contributed by atoms with Crippen LogP contribution < -0.4 is 5.32 Å². The lowest BCUT2D eigenvalue weighted by Gasteiger charge is -2.34. The van der Waals surface area contributed by atoms with Crippen LogP contribution in [-0.2, 0) is 10.0 Å². The number of nitrogens with zero attached hydrogens (tertiary/aromatic N) is 3. The number of hydrogen-bond donors (Lipinski definition) is 1. The lowest BCUT2D eigenvalue weighted by molar-refractivity contribution is 0.258. The Balaban J connectivity index is 1.76. The van der Waals surface area contributed by atoms with E-state index in [1.54, 1.807) is 4.31 Å². The quantitative estimate of drug-likeness (QED) is 0.618. The topological polar surface area (TPSA) is 65.0 Å². The fourth-order valence-corrected chi connectivity index (χ4v) is 4.11. The first-order valence-electron chi connectivity index (χ1n) is 8.31. The van der Waals surface area contributed by atoms with Crippen LogP contribution in [0.15, 0.2) is 4.99 Å². The second-order valence-corrected chi connectivity index (χ2v) is 8.69. The van der Waals surface area contributed by atoms with Crippen LogP contribution in [-0.4, -0.2) is 69.6 Å². The molecule has 1 N–H and O–H groups in total. The highest BCUT2D eigenvalue weighted by atomic mass is 32.2. The molecule has 0 aromatic heterocycles. The minimum atomic E-state index is -3.03.